The van der Waals surface area contributed by atoms with E-state index in [0.717, 1.165) is 11.1 Å². The second kappa shape index (κ2) is 12.9. The third-order valence-electron chi connectivity index (χ3n) is 7.96. The Labute approximate surface area is 280 Å². The van der Waals surface area contributed by atoms with E-state index in [9.17, 15) is 17.4 Å². The first kappa shape index (κ1) is 35.0. The molecule has 3 heterocycles. The zero-order chi connectivity index (χ0) is 33.7. The van der Waals surface area contributed by atoms with Gasteiger partial charge in [-0.25, -0.2) is 24.0 Å². The summed E-state index contributed by atoms with van der Waals surface area (Å²) >= 11 is 7.61. The smallest absolute Gasteiger partial charge is 0.333 e. The minimum atomic E-state index is -4.15. The Morgan fingerprint density at radius 1 is 1.20 bits per heavy atom. The first-order chi connectivity index (χ1) is 21.4. The molecule has 250 valence electrons. The number of carbonyl (C=O) groups is 1. The molecule has 0 amide bonds. The fourth-order valence-electron chi connectivity index (χ4n) is 5.63. The largest absolute Gasteiger partial charge is 0.364 e. The molecule has 1 saturated carbocycles. The summed E-state index contributed by atoms with van der Waals surface area (Å²) in [6.07, 6.45) is 2.26. The Bertz CT molecular complexity index is 1750. The first-order valence-electron chi connectivity index (χ1n) is 14.5. The van der Waals surface area contributed by atoms with Gasteiger partial charge in [0.1, 0.15) is 18.2 Å². The Balaban J connectivity index is 1.43. The normalized spacial score (nSPS) is 24.7. The van der Waals surface area contributed by atoms with Crippen molar-refractivity contribution in [1.29, 1.82) is 0 Å². The predicted molar refractivity (Wildman–Crippen MR) is 177 cm³/mol. The van der Waals surface area contributed by atoms with Crippen molar-refractivity contribution in [3.8, 4) is 0 Å². The lowest BCUT2D eigenvalue weighted by molar-refractivity contribution is -0.158. The van der Waals surface area contributed by atoms with Crippen LogP contribution in [0.3, 0.4) is 0 Å². The number of halogens is 1. The van der Waals surface area contributed by atoms with Crippen LogP contribution in [0.25, 0.3) is 0 Å². The highest BCUT2D eigenvalue weighted by Crippen LogP contribution is 2.43. The number of nitrogens with two attached hydrogens (primary N) is 1. The third-order valence-corrected chi connectivity index (χ3v) is 11.3. The van der Waals surface area contributed by atoms with E-state index in [1.54, 1.807) is 26.0 Å². The minimum absolute atomic E-state index is 0.176. The number of rotatable bonds is 11. The van der Waals surface area contributed by atoms with Crippen LogP contribution < -0.4 is 15.2 Å². The molecule has 12 nitrogen and oxygen atoms in total. The van der Waals surface area contributed by atoms with Gasteiger partial charge in [0.15, 0.2) is 5.79 Å². The van der Waals surface area contributed by atoms with Crippen molar-refractivity contribution in [2.45, 2.75) is 82.3 Å². The molecule has 0 bridgehead atoms. The number of fused-ring (bicyclic) bond motifs is 1. The van der Waals surface area contributed by atoms with Crippen LogP contribution in [-0.2, 0) is 40.5 Å². The summed E-state index contributed by atoms with van der Waals surface area (Å²) in [5.41, 5.74) is 0.831. The van der Waals surface area contributed by atoms with Crippen molar-refractivity contribution in [1.82, 2.24) is 14.7 Å². The quantitative estimate of drug-likeness (QED) is 0.244. The second-order valence-electron chi connectivity index (χ2n) is 13.0. The molecular weight excluding hydrogens is 674 g/mol. The van der Waals surface area contributed by atoms with Gasteiger partial charge in [0.05, 0.1) is 50.5 Å². The molecule has 1 aliphatic carbocycles. The number of ether oxygens (including phenoxy) is 2. The molecule has 3 aromatic rings. The van der Waals surface area contributed by atoms with Crippen LogP contribution in [0.1, 0.15) is 74.3 Å². The molecule has 0 radical (unpaired) electrons. The molecule has 2 fully saturated rings. The van der Waals surface area contributed by atoms with Crippen LogP contribution in [0.4, 0.5) is 5.82 Å². The van der Waals surface area contributed by atoms with E-state index in [4.69, 9.17) is 30.4 Å². The maximum Gasteiger partial charge on any atom is 0.333 e. The SMILES string of the molecule is CC1(C)O[C@@H]2[C@@H](COS(N)(=O)=O)C[C@@H](Nc3ncncc3C(=O)c3cc(C(C)(NS(=O)C(C)(C)C)c4cccc(Cl)c4)cs3)[C@@H]2O1. The summed E-state index contributed by atoms with van der Waals surface area (Å²) in [7, 11) is -5.60. The second-order valence-corrected chi connectivity index (χ2v) is 17.6. The molecule has 2 aliphatic rings. The van der Waals surface area contributed by atoms with Gasteiger partial charge in [-0.15, -0.1) is 11.3 Å². The van der Waals surface area contributed by atoms with E-state index in [-0.39, 0.29) is 29.9 Å². The molecule has 16 heteroatoms. The number of anilines is 1. The monoisotopic (exact) mass is 711 g/mol. The maximum atomic E-state index is 14.0. The lowest BCUT2D eigenvalue weighted by Crippen LogP contribution is -2.46. The van der Waals surface area contributed by atoms with Crippen molar-refractivity contribution in [2.75, 3.05) is 11.9 Å². The third kappa shape index (κ3) is 7.69. The van der Waals surface area contributed by atoms with Crippen LogP contribution in [0.2, 0.25) is 5.02 Å². The van der Waals surface area contributed by atoms with Gasteiger partial charge in [-0.05, 0) is 82.7 Å². The summed E-state index contributed by atoms with van der Waals surface area (Å²) in [5, 5.41) is 10.8. The summed E-state index contributed by atoms with van der Waals surface area (Å²) in [6, 6.07) is 8.70. The van der Waals surface area contributed by atoms with Gasteiger partial charge in [0, 0.05) is 17.1 Å². The van der Waals surface area contributed by atoms with Gasteiger partial charge < -0.3 is 14.8 Å². The number of benzene rings is 1. The fourth-order valence-corrected chi connectivity index (χ4v) is 8.07. The summed E-state index contributed by atoms with van der Waals surface area (Å²) in [5.74, 6) is -1.27. The first-order valence-corrected chi connectivity index (χ1v) is 18.4. The Kier molecular flexibility index (Phi) is 9.84. The highest BCUT2D eigenvalue weighted by atomic mass is 35.5. The van der Waals surface area contributed by atoms with Gasteiger partial charge in [0.25, 0.3) is 0 Å². The lowest BCUT2D eigenvalue weighted by atomic mass is 9.87. The minimum Gasteiger partial charge on any atom is -0.364 e. The fraction of sp³-hybridized carbons (Fsp3) is 0.500. The van der Waals surface area contributed by atoms with Crippen LogP contribution in [0.5, 0.6) is 0 Å². The molecule has 2 aromatic heterocycles. The van der Waals surface area contributed by atoms with E-state index < -0.39 is 49.6 Å². The van der Waals surface area contributed by atoms with Gasteiger partial charge in [-0.3, -0.25) is 8.98 Å². The van der Waals surface area contributed by atoms with Crippen molar-refractivity contribution in [2.24, 2.45) is 11.1 Å². The van der Waals surface area contributed by atoms with E-state index in [1.807, 2.05) is 51.3 Å². The van der Waals surface area contributed by atoms with E-state index >= 15 is 0 Å². The Hall–Kier alpha value is -2.34. The number of thiophene rings is 1. The number of ketones is 1. The topological polar surface area (TPSA) is 172 Å². The number of aromatic nitrogens is 2. The zero-order valence-electron chi connectivity index (χ0n) is 26.3. The maximum absolute atomic E-state index is 14.0. The number of nitrogens with one attached hydrogen (secondary N) is 2. The summed E-state index contributed by atoms with van der Waals surface area (Å²) in [4.78, 5) is 22.9. The number of hydrogen-bond donors (Lipinski definition) is 3. The van der Waals surface area contributed by atoms with Crippen molar-refractivity contribution < 1.29 is 31.1 Å². The van der Waals surface area contributed by atoms with E-state index in [1.165, 1.54) is 23.9 Å². The average molecular weight is 712 g/mol. The van der Waals surface area contributed by atoms with Crippen molar-refractivity contribution >= 4 is 55.8 Å². The summed E-state index contributed by atoms with van der Waals surface area (Å²) < 4.78 is 56.2. The van der Waals surface area contributed by atoms with E-state index in [0.29, 0.717) is 22.1 Å². The zero-order valence-corrected chi connectivity index (χ0v) is 29.5. The Morgan fingerprint density at radius 3 is 2.59 bits per heavy atom. The number of carbonyl (C=O) groups excluding carboxylic acids is 1. The van der Waals surface area contributed by atoms with Crippen molar-refractivity contribution in [3.63, 3.8) is 0 Å². The lowest BCUT2D eigenvalue weighted by Gasteiger charge is -2.33. The van der Waals surface area contributed by atoms with Crippen LogP contribution >= 0.6 is 22.9 Å². The van der Waals surface area contributed by atoms with Crippen LogP contribution in [-0.4, -0.2) is 63.8 Å². The molecule has 5 rings (SSSR count). The molecule has 1 aromatic carbocycles. The molecule has 6 atom stereocenters. The van der Waals surface area contributed by atoms with Crippen LogP contribution in [0, 0.1) is 5.92 Å². The highest BCUT2D eigenvalue weighted by Gasteiger charge is 2.54. The number of nitrogens with zero attached hydrogens (tertiary/aromatic N) is 2. The van der Waals surface area contributed by atoms with Gasteiger partial charge in [-0.1, -0.05) is 23.7 Å². The molecule has 2 unspecified atom stereocenters. The van der Waals surface area contributed by atoms with Crippen molar-refractivity contribution in [3.05, 3.63) is 74.8 Å². The molecule has 46 heavy (non-hydrogen) atoms. The van der Waals surface area contributed by atoms with Crippen LogP contribution in [0.15, 0.2) is 48.2 Å². The van der Waals surface area contributed by atoms with E-state index in [2.05, 4.69) is 20.0 Å². The van der Waals surface area contributed by atoms with Gasteiger partial charge in [-0.2, -0.15) is 8.42 Å². The molecule has 0 spiro atoms. The standard InChI is InChI=1S/C30H38ClN5O7S3/c1-28(2,3)45(38)36-30(6,18-8-7-9-20(31)11-18)19-12-23(44-15-19)24(37)21-13-33-16-34-27(21)35-22-10-17(14-41-46(32,39)40)25-26(22)43-29(4,5)42-25/h7-9,11-13,15-17,22,25-26,36H,10,14H2,1-6H3,(H2,32,39,40)(H,33,34,35)/t17-,22-,25-,26+,30?,45?/m1/s1. The van der Waals surface area contributed by atoms with Gasteiger partial charge in [0.2, 0.25) is 5.78 Å². The number of hydrogen-bond acceptors (Lipinski definition) is 11. The molecule has 1 saturated heterocycles. The average Bonchev–Trinajstić information content (AvgIpc) is 3.65. The predicted octanol–water partition coefficient (Wildman–Crippen LogP) is 4.28. The molecular formula is C30H38ClN5O7S3. The molecule has 1 aliphatic heterocycles. The Morgan fingerprint density at radius 2 is 1.91 bits per heavy atom. The highest BCUT2D eigenvalue weighted by molar-refractivity contribution is 7.84. The molecule has 4 N–H and O–H groups in total. The van der Waals surface area contributed by atoms with Gasteiger partial charge >= 0.3 is 10.3 Å². The summed E-state index contributed by atoms with van der Waals surface area (Å²) in [6.45, 7) is 10.9.